The van der Waals surface area contributed by atoms with Crippen LogP contribution in [0, 0.1) is 34.5 Å². The number of fused-ring (bicyclic) bond motifs is 5. The molecule has 37 heavy (non-hydrogen) atoms. The first kappa shape index (κ1) is 29.1. The fraction of sp³-hybridized carbons (Fsp3) is 0.938. The van der Waals surface area contributed by atoms with Crippen molar-refractivity contribution in [2.24, 2.45) is 34.5 Å². The third kappa shape index (κ3) is 6.45. The second-order valence-electron chi connectivity index (χ2n) is 13.6. The molecule has 5 heteroatoms. The van der Waals surface area contributed by atoms with Crippen LogP contribution in [0.15, 0.2) is 0 Å². The van der Waals surface area contributed by atoms with Gasteiger partial charge in [-0.15, -0.1) is 0 Å². The molecule has 0 aliphatic heterocycles. The predicted octanol–water partition coefficient (Wildman–Crippen LogP) is 6.60. The van der Waals surface area contributed by atoms with E-state index in [1.54, 1.807) is 0 Å². The van der Waals surface area contributed by atoms with E-state index >= 15 is 0 Å². The van der Waals surface area contributed by atoms with Crippen molar-refractivity contribution in [2.75, 3.05) is 13.2 Å². The fourth-order valence-corrected chi connectivity index (χ4v) is 9.11. The Kier molecular flexibility index (Phi) is 10.2. The van der Waals surface area contributed by atoms with Gasteiger partial charge in [-0.1, -0.05) is 52.9 Å². The molecule has 4 aliphatic carbocycles. The van der Waals surface area contributed by atoms with E-state index in [0.29, 0.717) is 35.9 Å². The smallest absolute Gasteiger partial charge is 0.219 e. The number of ketones is 1. The van der Waals surface area contributed by atoms with Crippen LogP contribution >= 0.6 is 0 Å². The molecule has 1 amide bonds. The molecule has 0 aromatic carbocycles. The van der Waals surface area contributed by atoms with Gasteiger partial charge >= 0.3 is 0 Å². The number of aliphatic hydroxyl groups excluding tert-OH is 1. The summed E-state index contributed by atoms with van der Waals surface area (Å²) in [6.45, 7) is 8.61. The molecule has 3 unspecified atom stereocenters. The van der Waals surface area contributed by atoms with Crippen molar-refractivity contribution in [1.82, 2.24) is 5.32 Å². The lowest BCUT2D eigenvalue weighted by molar-refractivity contribution is -0.192. The Morgan fingerprint density at radius 3 is 2.59 bits per heavy atom. The molecule has 4 saturated carbocycles. The number of aliphatic hydroxyl groups is 1. The minimum atomic E-state index is -0.202. The number of ether oxygens (including phenoxy) is 1. The molecule has 0 saturated heterocycles. The number of hydrogen-bond acceptors (Lipinski definition) is 4. The second kappa shape index (κ2) is 12.9. The number of carbonyl (C=O) groups is 2. The van der Waals surface area contributed by atoms with Gasteiger partial charge in [-0.3, -0.25) is 9.59 Å². The number of unbranched alkanes of at least 4 members (excludes halogenated alkanes) is 6. The van der Waals surface area contributed by atoms with Gasteiger partial charge in [-0.25, -0.2) is 0 Å². The topological polar surface area (TPSA) is 75.6 Å². The van der Waals surface area contributed by atoms with Crippen LogP contribution in [0.25, 0.3) is 0 Å². The Morgan fingerprint density at radius 2 is 1.78 bits per heavy atom. The lowest BCUT2D eigenvalue weighted by Gasteiger charge is -2.62. The summed E-state index contributed by atoms with van der Waals surface area (Å²) in [6, 6.07) is 0. The third-order valence-electron chi connectivity index (χ3n) is 11.3. The number of amides is 1. The zero-order valence-electron chi connectivity index (χ0n) is 24.1. The lowest BCUT2D eigenvalue weighted by Crippen LogP contribution is -2.60. The Morgan fingerprint density at radius 1 is 1.00 bits per heavy atom. The quantitative estimate of drug-likeness (QED) is 0.270. The van der Waals surface area contributed by atoms with E-state index in [1.165, 1.54) is 25.7 Å². The maximum atomic E-state index is 12.3. The normalized spacial score (nSPS) is 39.1. The first-order valence-electron chi connectivity index (χ1n) is 15.9. The molecule has 4 fully saturated rings. The van der Waals surface area contributed by atoms with Gasteiger partial charge in [0.05, 0.1) is 12.2 Å². The first-order chi connectivity index (χ1) is 17.8. The van der Waals surface area contributed by atoms with Crippen LogP contribution in [0.4, 0.5) is 0 Å². The standard InChI is InChI=1S/C32H55NO4/c1-4-5-10-19-33-29(36)12-9-7-6-8-11-20-37-27-22-32(3)26(15-16-28(32)35)25-14-13-23-21-24(34)17-18-31(23,2)30(25)27/h23,25-28,30,35H,4-22H2,1-3H3,(H,33,36)/t23?,25-,26-,27?,28?,30-,31-,32-/m0/s1. The Balaban J connectivity index is 1.25. The molecule has 2 N–H and O–H groups in total. The van der Waals surface area contributed by atoms with Crippen LogP contribution < -0.4 is 5.32 Å². The van der Waals surface area contributed by atoms with Gasteiger partial charge in [0, 0.05) is 32.4 Å². The molecule has 0 aromatic heterocycles. The SMILES string of the molecule is CCCCCNC(=O)CCCCCCCOC1C[C@]2(C)C(O)CC[C@H]2[C@@H]2CCC3CC(=O)CC[C@]3(C)[C@H]12. The van der Waals surface area contributed by atoms with E-state index in [9.17, 15) is 14.7 Å². The summed E-state index contributed by atoms with van der Waals surface area (Å²) in [5.41, 5.74) is 0.185. The highest BCUT2D eigenvalue weighted by atomic mass is 16.5. The molecule has 8 atom stereocenters. The molecule has 0 aromatic rings. The summed E-state index contributed by atoms with van der Waals surface area (Å²) in [5, 5.41) is 14.0. The van der Waals surface area contributed by atoms with E-state index in [1.807, 2.05) is 0 Å². The Hall–Kier alpha value is -0.940. The van der Waals surface area contributed by atoms with Crippen molar-refractivity contribution >= 4 is 11.7 Å². The van der Waals surface area contributed by atoms with Gasteiger partial charge in [-0.05, 0) is 92.3 Å². The molecule has 4 aliphatic rings. The molecule has 0 radical (unpaired) electrons. The molecule has 0 bridgehead atoms. The van der Waals surface area contributed by atoms with Crippen molar-refractivity contribution < 1.29 is 19.4 Å². The molecule has 0 heterocycles. The van der Waals surface area contributed by atoms with E-state index in [-0.39, 0.29) is 28.9 Å². The summed E-state index contributed by atoms with van der Waals surface area (Å²) in [6.07, 6.45) is 17.5. The van der Waals surface area contributed by atoms with Crippen molar-refractivity contribution in [3.63, 3.8) is 0 Å². The van der Waals surface area contributed by atoms with E-state index in [0.717, 1.165) is 90.2 Å². The summed E-state index contributed by atoms with van der Waals surface area (Å²) in [4.78, 5) is 24.3. The molecule has 4 rings (SSSR count). The molecule has 212 valence electrons. The molecular formula is C32H55NO4. The largest absolute Gasteiger partial charge is 0.393 e. The van der Waals surface area contributed by atoms with Gasteiger partial charge in [0.15, 0.2) is 0 Å². The fourth-order valence-electron chi connectivity index (χ4n) is 9.11. The van der Waals surface area contributed by atoms with E-state index in [4.69, 9.17) is 4.74 Å². The number of nitrogens with one attached hydrogen (secondary N) is 1. The maximum Gasteiger partial charge on any atom is 0.219 e. The Bertz CT molecular complexity index is 770. The second-order valence-corrected chi connectivity index (χ2v) is 13.6. The highest BCUT2D eigenvalue weighted by molar-refractivity contribution is 5.79. The zero-order valence-corrected chi connectivity index (χ0v) is 24.1. The summed E-state index contributed by atoms with van der Waals surface area (Å²) < 4.78 is 6.76. The zero-order chi connectivity index (χ0) is 26.5. The average Bonchev–Trinajstić information content (AvgIpc) is 3.17. The van der Waals surface area contributed by atoms with Gasteiger partial charge in [0.2, 0.25) is 5.91 Å². The number of hydrogen-bond donors (Lipinski definition) is 2. The summed E-state index contributed by atoms with van der Waals surface area (Å²) in [7, 11) is 0. The number of rotatable bonds is 13. The highest BCUT2D eigenvalue weighted by Crippen LogP contribution is 2.66. The lowest BCUT2D eigenvalue weighted by atomic mass is 9.44. The summed E-state index contributed by atoms with van der Waals surface area (Å²) in [5.74, 6) is 2.94. The van der Waals surface area contributed by atoms with Crippen LogP contribution in [0.2, 0.25) is 0 Å². The van der Waals surface area contributed by atoms with Gasteiger partial charge in [0.1, 0.15) is 5.78 Å². The van der Waals surface area contributed by atoms with Crippen molar-refractivity contribution in [3.8, 4) is 0 Å². The van der Waals surface area contributed by atoms with Crippen LogP contribution in [0.3, 0.4) is 0 Å². The van der Waals surface area contributed by atoms with Crippen LogP contribution in [0.1, 0.15) is 130 Å². The van der Waals surface area contributed by atoms with Crippen molar-refractivity contribution in [2.45, 2.75) is 142 Å². The first-order valence-corrected chi connectivity index (χ1v) is 15.9. The van der Waals surface area contributed by atoms with Gasteiger partial charge < -0.3 is 15.2 Å². The summed E-state index contributed by atoms with van der Waals surface area (Å²) >= 11 is 0. The highest BCUT2D eigenvalue weighted by Gasteiger charge is 2.63. The van der Waals surface area contributed by atoms with Crippen LogP contribution in [-0.4, -0.2) is 42.2 Å². The van der Waals surface area contributed by atoms with E-state index < -0.39 is 0 Å². The van der Waals surface area contributed by atoms with Crippen molar-refractivity contribution in [1.29, 1.82) is 0 Å². The van der Waals surface area contributed by atoms with Crippen LogP contribution in [-0.2, 0) is 14.3 Å². The monoisotopic (exact) mass is 517 g/mol. The predicted molar refractivity (Wildman–Crippen MR) is 148 cm³/mol. The Labute approximate surface area is 226 Å². The average molecular weight is 518 g/mol. The van der Waals surface area contributed by atoms with Crippen LogP contribution in [0.5, 0.6) is 0 Å². The molecular weight excluding hydrogens is 462 g/mol. The van der Waals surface area contributed by atoms with Gasteiger partial charge in [-0.2, -0.15) is 0 Å². The minimum absolute atomic E-state index is 0.0172. The molecule has 5 nitrogen and oxygen atoms in total. The maximum absolute atomic E-state index is 12.3. The minimum Gasteiger partial charge on any atom is -0.393 e. The van der Waals surface area contributed by atoms with Crippen molar-refractivity contribution in [3.05, 3.63) is 0 Å². The van der Waals surface area contributed by atoms with Gasteiger partial charge in [0.25, 0.3) is 0 Å². The molecule has 0 spiro atoms. The van der Waals surface area contributed by atoms with E-state index in [2.05, 4.69) is 26.1 Å². The number of Topliss-reactive ketones (excluding diaryl/α,β-unsaturated/α-hetero) is 1. The third-order valence-corrected chi connectivity index (χ3v) is 11.3. The number of carbonyl (C=O) groups excluding carboxylic acids is 2.